The van der Waals surface area contributed by atoms with Crippen molar-refractivity contribution < 1.29 is 9.84 Å². The SMILES string of the molecule is COCC1CCCN(c2nc(C(C)O)cs2)C1. The molecule has 0 aliphatic carbocycles. The van der Waals surface area contributed by atoms with E-state index in [0.717, 1.165) is 30.5 Å². The van der Waals surface area contributed by atoms with Gasteiger partial charge in [0.25, 0.3) is 0 Å². The van der Waals surface area contributed by atoms with Gasteiger partial charge in [0, 0.05) is 25.6 Å². The third-order valence-electron chi connectivity index (χ3n) is 3.13. The highest BCUT2D eigenvalue weighted by Crippen LogP contribution is 2.28. The zero-order valence-corrected chi connectivity index (χ0v) is 11.2. The Bertz CT molecular complexity index is 352. The van der Waals surface area contributed by atoms with Crippen LogP contribution in [0.4, 0.5) is 5.13 Å². The van der Waals surface area contributed by atoms with Crippen LogP contribution < -0.4 is 4.90 Å². The predicted octanol–water partition coefficient (Wildman–Crippen LogP) is 2.06. The highest BCUT2D eigenvalue weighted by Gasteiger charge is 2.22. The maximum atomic E-state index is 9.48. The van der Waals surface area contributed by atoms with Crippen LogP contribution in [0.2, 0.25) is 0 Å². The monoisotopic (exact) mass is 256 g/mol. The van der Waals surface area contributed by atoms with Crippen LogP contribution in [0, 0.1) is 5.92 Å². The molecule has 1 aliphatic heterocycles. The van der Waals surface area contributed by atoms with Crippen LogP contribution in [0.5, 0.6) is 0 Å². The first-order valence-electron chi connectivity index (χ1n) is 6.08. The summed E-state index contributed by atoms with van der Waals surface area (Å²) in [7, 11) is 1.76. The molecule has 1 N–H and O–H groups in total. The van der Waals surface area contributed by atoms with Crippen molar-refractivity contribution in [3.05, 3.63) is 11.1 Å². The van der Waals surface area contributed by atoms with Gasteiger partial charge in [-0.15, -0.1) is 11.3 Å². The molecule has 0 bridgehead atoms. The molecule has 2 unspecified atom stereocenters. The van der Waals surface area contributed by atoms with Crippen LogP contribution in [0.15, 0.2) is 5.38 Å². The fourth-order valence-corrected chi connectivity index (χ4v) is 3.17. The summed E-state index contributed by atoms with van der Waals surface area (Å²) in [6, 6.07) is 0. The summed E-state index contributed by atoms with van der Waals surface area (Å²) in [5, 5.41) is 12.5. The number of aliphatic hydroxyl groups excluding tert-OH is 1. The zero-order valence-electron chi connectivity index (χ0n) is 10.4. The summed E-state index contributed by atoms with van der Waals surface area (Å²) in [4.78, 5) is 6.79. The fourth-order valence-electron chi connectivity index (χ4n) is 2.22. The molecule has 0 spiro atoms. The summed E-state index contributed by atoms with van der Waals surface area (Å²) in [5.41, 5.74) is 0.777. The Morgan fingerprint density at radius 1 is 1.71 bits per heavy atom. The summed E-state index contributed by atoms with van der Waals surface area (Å²) >= 11 is 1.62. The average molecular weight is 256 g/mol. The lowest BCUT2D eigenvalue weighted by Crippen LogP contribution is -2.37. The minimum absolute atomic E-state index is 0.473. The van der Waals surface area contributed by atoms with Crippen molar-refractivity contribution in [1.29, 1.82) is 0 Å². The van der Waals surface area contributed by atoms with E-state index < -0.39 is 6.10 Å². The van der Waals surface area contributed by atoms with Crippen molar-refractivity contribution in [2.24, 2.45) is 5.92 Å². The number of thiazole rings is 1. The number of piperidine rings is 1. The fraction of sp³-hybridized carbons (Fsp3) is 0.750. The van der Waals surface area contributed by atoms with Crippen molar-refractivity contribution >= 4 is 16.5 Å². The van der Waals surface area contributed by atoms with Crippen molar-refractivity contribution in [3.8, 4) is 0 Å². The summed E-state index contributed by atoms with van der Waals surface area (Å²) < 4.78 is 5.23. The molecule has 1 aromatic heterocycles. The molecule has 0 saturated carbocycles. The normalized spacial score (nSPS) is 22.8. The Morgan fingerprint density at radius 3 is 3.18 bits per heavy atom. The van der Waals surface area contributed by atoms with Gasteiger partial charge in [-0.25, -0.2) is 4.98 Å². The number of aliphatic hydroxyl groups is 1. The molecule has 96 valence electrons. The van der Waals surface area contributed by atoms with Gasteiger partial charge in [0.05, 0.1) is 18.4 Å². The number of rotatable bonds is 4. The molecule has 1 fully saturated rings. The van der Waals surface area contributed by atoms with Crippen molar-refractivity contribution in [2.45, 2.75) is 25.9 Å². The van der Waals surface area contributed by atoms with Gasteiger partial charge in [-0.1, -0.05) is 0 Å². The molecule has 17 heavy (non-hydrogen) atoms. The summed E-state index contributed by atoms with van der Waals surface area (Å²) in [6.45, 7) is 4.65. The highest BCUT2D eigenvalue weighted by atomic mass is 32.1. The lowest BCUT2D eigenvalue weighted by molar-refractivity contribution is 0.143. The Morgan fingerprint density at radius 2 is 2.53 bits per heavy atom. The minimum atomic E-state index is -0.473. The largest absolute Gasteiger partial charge is 0.387 e. The molecular weight excluding hydrogens is 236 g/mol. The van der Waals surface area contributed by atoms with Crippen LogP contribution in [0.3, 0.4) is 0 Å². The molecule has 2 atom stereocenters. The first-order valence-corrected chi connectivity index (χ1v) is 6.96. The van der Waals surface area contributed by atoms with E-state index in [1.807, 2.05) is 5.38 Å². The Hall–Kier alpha value is -0.650. The van der Waals surface area contributed by atoms with Gasteiger partial charge in [0.15, 0.2) is 5.13 Å². The Balaban J connectivity index is 2.00. The number of aromatic nitrogens is 1. The standard InChI is InChI=1S/C12H20N2O2S/c1-9(15)11-8-17-12(13-11)14-5-3-4-10(6-14)7-16-2/h8-10,15H,3-7H2,1-2H3. The van der Waals surface area contributed by atoms with Crippen LogP contribution in [0.25, 0.3) is 0 Å². The highest BCUT2D eigenvalue weighted by molar-refractivity contribution is 7.13. The number of hydrogen-bond donors (Lipinski definition) is 1. The third kappa shape index (κ3) is 3.18. The second kappa shape index (κ2) is 5.80. The number of ether oxygens (including phenoxy) is 1. The predicted molar refractivity (Wildman–Crippen MR) is 69.6 cm³/mol. The van der Waals surface area contributed by atoms with Crippen molar-refractivity contribution in [3.63, 3.8) is 0 Å². The van der Waals surface area contributed by atoms with E-state index in [1.54, 1.807) is 25.4 Å². The number of methoxy groups -OCH3 is 1. The molecule has 0 amide bonds. The lowest BCUT2D eigenvalue weighted by atomic mass is 9.99. The van der Waals surface area contributed by atoms with E-state index in [0.29, 0.717) is 5.92 Å². The molecule has 4 nitrogen and oxygen atoms in total. The molecule has 0 aromatic carbocycles. The molecule has 5 heteroatoms. The molecule has 0 radical (unpaired) electrons. The molecule has 1 saturated heterocycles. The van der Waals surface area contributed by atoms with E-state index in [-0.39, 0.29) is 0 Å². The van der Waals surface area contributed by atoms with Gasteiger partial charge in [-0.05, 0) is 25.7 Å². The molecule has 1 aromatic rings. The van der Waals surface area contributed by atoms with Gasteiger partial charge < -0.3 is 14.7 Å². The summed E-state index contributed by atoms with van der Waals surface area (Å²) in [5.74, 6) is 0.604. The van der Waals surface area contributed by atoms with Crippen molar-refractivity contribution in [2.75, 3.05) is 31.7 Å². The van der Waals surface area contributed by atoms with Gasteiger partial charge in [0.2, 0.25) is 0 Å². The Labute approximate surface area is 106 Å². The smallest absolute Gasteiger partial charge is 0.185 e. The lowest BCUT2D eigenvalue weighted by Gasteiger charge is -2.32. The Kier molecular flexibility index (Phi) is 4.36. The van der Waals surface area contributed by atoms with Gasteiger partial charge in [-0.2, -0.15) is 0 Å². The van der Waals surface area contributed by atoms with E-state index in [1.165, 1.54) is 12.8 Å². The topological polar surface area (TPSA) is 45.6 Å². The second-order valence-electron chi connectivity index (χ2n) is 4.64. The maximum Gasteiger partial charge on any atom is 0.185 e. The van der Waals surface area contributed by atoms with Crippen LogP contribution >= 0.6 is 11.3 Å². The molecule has 2 rings (SSSR count). The minimum Gasteiger partial charge on any atom is -0.387 e. The van der Waals surface area contributed by atoms with Gasteiger partial charge in [0.1, 0.15) is 0 Å². The molecule has 2 heterocycles. The van der Waals surface area contributed by atoms with Gasteiger partial charge >= 0.3 is 0 Å². The molecule has 1 aliphatic rings. The quantitative estimate of drug-likeness (QED) is 0.895. The average Bonchev–Trinajstić information content (AvgIpc) is 2.79. The maximum absolute atomic E-state index is 9.48. The van der Waals surface area contributed by atoms with E-state index in [4.69, 9.17) is 4.74 Å². The first kappa shape index (κ1) is 12.8. The number of anilines is 1. The number of nitrogens with zero attached hydrogens (tertiary/aromatic N) is 2. The van der Waals surface area contributed by atoms with Crippen LogP contribution in [-0.2, 0) is 4.74 Å². The van der Waals surface area contributed by atoms with Crippen molar-refractivity contribution in [1.82, 2.24) is 4.98 Å². The van der Waals surface area contributed by atoms with Crippen LogP contribution in [0.1, 0.15) is 31.6 Å². The van der Waals surface area contributed by atoms with E-state index in [2.05, 4.69) is 9.88 Å². The first-order chi connectivity index (χ1) is 8.20. The van der Waals surface area contributed by atoms with Crippen LogP contribution in [-0.4, -0.2) is 36.9 Å². The van der Waals surface area contributed by atoms with Gasteiger partial charge in [-0.3, -0.25) is 0 Å². The zero-order chi connectivity index (χ0) is 12.3. The third-order valence-corrected chi connectivity index (χ3v) is 4.05. The summed E-state index contributed by atoms with van der Waals surface area (Å²) in [6.07, 6.45) is 1.95. The number of hydrogen-bond acceptors (Lipinski definition) is 5. The van der Waals surface area contributed by atoms with E-state index >= 15 is 0 Å². The second-order valence-corrected chi connectivity index (χ2v) is 5.48. The molecular formula is C12H20N2O2S. The van der Waals surface area contributed by atoms with E-state index in [9.17, 15) is 5.11 Å².